The number of aliphatic imine (C=N–C) groups is 1. The summed E-state index contributed by atoms with van der Waals surface area (Å²) in [6.07, 6.45) is 0.986. The number of carbonyl (C=O) groups excluding carboxylic acids is 2. The molecule has 0 radical (unpaired) electrons. The van der Waals surface area contributed by atoms with Crippen molar-refractivity contribution >= 4 is 29.0 Å². The van der Waals surface area contributed by atoms with Gasteiger partial charge in [-0.3, -0.25) is 19.7 Å². The van der Waals surface area contributed by atoms with E-state index >= 15 is 0 Å². The normalized spacial score (nSPS) is 12.8. The van der Waals surface area contributed by atoms with E-state index in [2.05, 4.69) is 4.99 Å². The lowest BCUT2D eigenvalue weighted by Gasteiger charge is -2.22. The van der Waals surface area contributed by atoms with E-state index in [9.17, 15) is 19.7 Å². The zero-order valence-corrected chi connectivity index (χ0v) is 15.8. The molecule has 0 spiro atoms. The molecule has 0 saturated carbocycles. The van der Waals surface area contributed by atoms with Crippen LogP contribution in [-0.2, 0) is 20.7 Å². The molecule has 0 fully saturated rings. The van der Waals surface area contributed by atoms with Gasteiger partial charge in [0.05, 0.1) is 23.6 Å². The Hall–Kier alpha value is -3.55. The van der Waals surface area contributed by atoms with E-state index in [0.717, 1.165) is 12.0 Å². The van der Waals surface area contributed by atoms with Gasteiger partial charge in [0.15, 0.2) is 0 Å². The van der Waals surface area contributed by atoms with Crippen LogP contribution >= 0.6 is 0 Å². The van der Waals surface area contributed by atoms with Gasteiger partial charge >= 0.3 is 0 Å². The molecule has 0 N–H and O–H groups in total. The number of anilines is 1. The Labute approximate surface area is 168 Å². The number of rotatable bonds is 9. The van der Waals surface area contributed by atoms with Crippen molar-refractivity contribution in [3.05, 3.63) is 70.3 Å². The molecule has 0 aromatic heterocycles. The highest BCUT2D eigenvalue weighted by Crippen LogP contribution is 2.22. The van der Waals surface area contributed by atoms with Crippen molar-refractivity contribution < 1.29 is 19.2 Å². The molecule has 2 aromatic rings. The van der Waals surface area contributed by atoms with Crippen LogP contribution in [0.2, 0.25) is 0 Å². The van der Waals surface area contributed by atoms with Crippen molar-refractivity contribution in [2.45, 2.75) is 19.3 Å². The molecule has 0 atom stereocenters. The van der Waals surface area contributed by atoms with Crippen LogP contribution < -0.4 is 4.90 Å². The second-order valence-corrected chi connectivity index (χ2v) is 6.55. The molecule has 0 unspecified atom stereocenters. The van der Waals surface area contributed by atoms with Crippen LogP contribution in [0.25, 0.3) is 0 Å². The van der Waals surface area contributed by atoms with E-state index in [4.69, 9.17) is 4.74 Å². The Bertz CT molecular complexity index is 927. The van der Waals surface area contributed by atoms with Gasteiger partial charge in [0.25, 0.3) is 11.6 Å². The smallest absolute Gasteiger partial charge is 0.271 e. The predicted molar refractivity (Wildman–Crippen MR) is 108 cm³/mol. The van der Waals surface area contributed by atoms with Gasteiger partial charge in [-0.15, -0.1) is 0 Å². The first-order valence-corrected chi connectivity index (χ1v) is 9.34. The molecule has 150 valence electrons. The quantitative estimate of drug-likeness (QED) is 0.369. The molecule has 0 saturated heterocycles. The molecule has 29 heavy (non-hydrogen) atoms. The van der Waals surface area contributed by atoms with Crippen molar-refractivity contribution in [3.8, 4) is 0 Å². The number of hydrogen-bond donors (Lipinski definition) is 0. The standard InChI is InChI=1S/C21H21N3O5/c25-19(21-22-11-13-29-21)15-20(26)23(12-5-8-16-6-2-1-3-7-16)17-9-4-10-18(14-17)24(27)28/h1-4,6-7,9-10,14H,5,8,11-13,15H2. The highest BCUT2D eigenvalue weighted by atomic mass is 16.6. The van der Waals surface area contributed by atoms with E-state index < -0.39 is 23.0 Å². The van der Waals surface area contributed by atoms with Crippen LogP contribution in [0.15, 0.2) is 59.6 Å². The SMILES string of the molecule is O=C(CC(=O)N(CCCc1ccccc1)c1cccc([N+](=O)[O-])c1)C1=NCCO1. The third-order valence-electron chi connectivity index (χ3n) is 4.48. The summed E-state index contributed by atoms with van der Waals surface area (Å²) in [4.78, 5) is 41.1. The van der Waals surface area contributed by atoms with E-state index in [1.165, 1.54) is 23.1 Å². The Morgan fingerprint density at radius 3 is 2.62 bits per heavy atom. The van der Waals surface area contributed by atoms with Crippen molar-refractivity contribution in [2.75, 3.05) is 24.6 Å². The van der Waals surface area contributed by atoms with Gasteiger partial charge in [0.1, 0.15) is 6.61 Å². The Morgan fingerprint density at radius 2 is 1.93 bits per heavy atom. The van der Waals surface area contributed by atoms with E-state index in [1.54, 1.807) is 6.07 Å². The number of hydrogen-bond acceptors (Lipinski definition) is 6. The summed E-state index contributed by atoms with van der Waals surface area (Å²) in [6.45, 7) is 1.07. The first kappa shape index (κ1) is 20.2. The molecule has 3 rings (SSSR count). The number of benzene rings is 2. The lowest BCUT2D eigenvalue weighted by atomic mass is 10.1. The van der Waals surface area contributed by atoms with Gasteiger partial charge in [-0.05, 0) is 24.5 Å². The van der Waals surface area contributed by atoms with Crippen LogP contribution in [0.5, 0.6) is 0 Å². The number of nitro groups is 1. The molecule has 1 amide bonds. The third-order valence-corrected chi connectivity index (χ3v) is 4.48. The average molecular weight is 395 g/mol. The minimum absolute atomic E-state index is 0.0263. The maximum Gasteiger partial charge on any atom is 0.271 e. The Morgan fingerprint density at radius 1 is 1.14 bits per heavy atom. The van der Waals surface area contributed by atoms with E-state index in [-0.39, 0.29) is 11.6 Å². The summed E-state index contributed by atoms with van der Waals surface area (Å²) in [7, 11) is 0. The zero-order chi connectivity index (χ0) is 20.6. The third kappa shape index (κ3) is 5.47. The van der Waals surface area contributed by atoms with Gasteiger partial charge < -0.3 is 9.64 Å². The molecule has 1 aliphatic rings. The van der Waals surface area contributed by atoms with Gasteiger partial charge in [-0.1, -0.05) is 36.4 Å². The summed E-state index contributed by atoms with van der Waals surface area (Å²) >= 11 is 0. The van der Waals surface area contributed by atoms with Crippen molar-refractivity contribution in [1.82, 2.24) is 0 Å². The first-order chi connectivity index (χ1) is 14.0. The van der Waals surface area contributed by atoms with Gasteiger partial charge in [-0.2, -0.15) is 0 Å². The van der Waals surface area contributed by atoms with Crippen LogP contribution in [0.4, 0.5) is 11.4 Å². The maximum absolute atomic E-state index is 12.9. The van der Waals surface area contributed by atoms with Crippen LogP contribution in [0, 0.1) is 10.1 Å². The first-order valence-electron chi connectivity index (χ1n) is 9.34. The summed E-state index contributed by atoms with van der Waals surface area (Å²) in [5.74, 6) is -0.950. The van der Waals surface area contributed by atoms with E-state index in [0.29, 0.717) is 31.8 Å². The van der Waals surface area contributed by atoms with Gasteiger partial charge in [0.2, 0.25) is 11.7 Å². The summed E-state index contributed by atoms with van der Waals surface area (Å²) < 4.78 is 5.13. The number of nitro benzene ring substituents is 1. The molecule has 8 heteroatoms. The number of non-ortho nitro benzene ring substituents is 1. The number of Topliss-reactive ketones (excluding diaryl/α,β-unsaturated/α-hetero) is 1. The fraction of sp³-hybridized carbons (Fsp3) is 0.286. The molecule has 0 bridgehead atoms. The largest absolute Gasteiger partial charge is 0.473 e. The second-order valence-electron chi connectivity index (χ2n) is 6.55. The molecular formula is C21H21N3O5. The highest BCUT2D eigenvalue weighted by Gasteiger charge is 2.25. The minimum Gasteiger partial charge on any atom is -0.473 e. The topological polar surface area (TPSA) is 102 Å². The van der Waals surface area contributed by atoms with Crippen molar-refractivity contribution in [2.24, 2.45) is 4.99 Å². The van der Waals surface area contributed by atoms with Crippen molar-refractivity contribution in [3.63, 3.8) is 0 Å². The molecule has 1 heterocycles. The van der Waals surface area contributed by atoms with Crippen molar-refractivity contribution in [1.29, 1.82) is 0 Å². The molecular weight excluding hydrogens is 374 g/mol. The van der Waals surface area contributed by atoms with Crippen LogP contribution in [-0.4, -0.2) is 42.2 Å². The lowest BCUT2D eigenvalue weighted by Crippen LogP contribution is -2.35. The number of nitrogens with zero attached hydrogens (tertiary/aromatic N) is 3. The lowest BCUT2D eigenvalue weighted by molar-refractivity contribution is -0.384. The average Bonchev–Trinajstić information content (AvgIpc) is 3.27. The predicted octanol–water partition coefficient (Wildman–Crippen LogP) is 2.95. The summed E-state index contributed by atoms with van der Waals surface area (Å²) in [6, 6.07) is 15.7. The van der Waals surface area contributed by atoms with Crippen LogP contribution in [0.3, 0.4) is 0 Å². The Balaban J connectivity index is 1.74. The van der Waals surface area contributed by atoms with Crippen LogP contribution in [0.1, 0.15) is 18.4 Å². The number of ether oxygens (including phenoxy) is 1. The second kappa shape index (κ2) is 9.59. The summed E-state index contributed by atoms with van der Waals surface area (Å²) in [5, 5.41) is 11.1. The fourth-order valence-electron chi connectivity index (χ4n) is 3.07. The molecule has 2 aromatic carbocycles. The maximum atomic E-state index is 12.9. The molecule has 8 nitrogen and oxygen atoms in total. The zero-order valence-electron chi connectivity index (χ0n) is 15.8. The summed E-state index contributed by atoms with van der Waals surface area (Å²) in [5.41, 5.74) is 1.40. The number of ketones is 1. The van der Waals surface area contributed by atoms with Gasteiger partial charge in [0, 0.05) is 18.7 Å². The highest BCUT2D eigenvalue weighted by molar-refractivity contribution is 6.40. The molecule has 0 aliphatic carbocycles. The molecule has 1 aliphatic heterocycles. The Kier molecular flexibility index (Phi) is 6.67. The minimum atomic E-state index is -0.512. The number of amides is 1. The number of aryl methyl sites for hydroxylation is 1. The fourth-order valence-corrected chi connectivity index (χ4v) is 3.07. The van der Waals surface area contributed by atoms with E-state index in [1.807, 2.05) is 30.3 Å². The number of carbonyl (C=O) groups is 2. The monoisotopic (exact) mass is 395 g/mol. The van der Waals surface area contributed by atoms with Gasteiger partial charge in [-0.25, -0.2) is 4.99 Å².